The number of nitrogens with one attached hydrogen (secondary N) is 2. The molecule has 1 heterocycles. The van der Waals surface area contributed by atoms with E-state index >= 15 is 0 Å². The molecule has 10 heteroatoms. The average molecular weight is 326 g/mol. The first-order valence-electron chi connectivity index (χ1n) is 6.91. The summed E-state index contributed by atoms with van der Waals surface area (Å²) in [6.45, 7) is 9.05. The maximum absolute atomic E-state index is 11.1. The van der Waals surface area contributed by atoms with Gasteiger partial charge < -0.3 is 21.1 Å². The predicted octanol–water partition coefficient (Wildman–Crippen LogP) is 1.88. The lowest BCUT2D eigenvalue weighted by atomic mass is 10.1. The molecule has 0 atom stereocenters. The number of nitro groups is 1. The molecule has 0 radical (unpaired) electrons. The van der Waals surface area contributed by atoms with E-state index in [1.807, 2.05) is 20.8 Å². The van der Waals surface area contributed by atoms with Crippen molar-refractivity contribution < 1.29 is 14.5 Å². The van der Waals surface area contributed by atoms with Crippen LogP contribution in [0.15, 0.2) is 6.20 Å². The van der Waals surface area contributed by atoms with E-state index in [1.165, 1.54) is 0 Å². The molecule has 0 saturated carbocycles. The second-order valence-electron chi connectivity index (χ2n) is 6.59. The van der Waals surface area contributed by atoms with Crippen molar-refractivity contribution >= 4 is 23.5 Å². The van der Waals surface area contributed by atoms with Crippen LogP contribution < -0.4 is 16.4 Å². The number of primary amides is 1. The summed E-state index contributed by atoms with van der Waals surface area (Å²) in [6, 6.07) is 0. The summed E-state index contributed by atoms with van der Waals surface area (Å²) in [6.07, 6.45) is 0.190. The number of hydrogen-bond acceptors (Lipinski definition) is 8. The van der Waals surface area contributed by atoms with Gasteiger partial charge in [0, 0.05) is 5.54 Å². The second-order valence-corrected chi connectivity index (χ2v) is 6.59. The van der Waals surface area contributed by atoms with E-state index in [2.05, 4.69) is 20.6 Å². The zero-order valence-corrected chi connectivity index (χ0v) is 13.8. The van der Waals surface area contributed by atoms with E-state index in [9.17, 15) is 14.9 Å². The highest BCUT2D eigenvalue weighted by Gasteiger charge is 2.25. The monoisotopic (exact) mass is 326 g/mol. The van der Waals surface area contributed by atoms with Gasteiger partial charge in [-0.25, -0.2) is 9.78 Å². The molecule has 1 rings (SSSR count). The highest BCUT2D eigenvalue weighted by atomic mass is 16.6. The molecule has 4 N–H and O–H groups in total. The average Bonchev–Trinajstić information content (AvgIpc) is 2.32. The Morgan fingerprint density at radius 2 is 2.00 bits per heavy atom. The number of ether oxygens (including phenoxy) is 1. The molecule has 0 aliphatic carbocycles. The molecule has 1 amide bonds. The summed E-state index contributed by atoms with van der Waals surface area (Å²) in [7, 11) is 0. The van der Waals surface area contributed by atoms with Gasteiger partial charge in [-0.1, -0.05) is 0 Å². The van der Waals surface area contributed by atoms with Crippen molar-refractivity contribution in [3.05, 3.63) is 16.3 Å². The van der Waals surface area contributed by atoms with Crippen LogP contribution >= 0.6 is 0 Å². The molecule has 1 aromatic rings. The van der Waals surface area contributed by atoms with Crippen LogP contribution in [0.25, 0.3) is 0 Å². The molecular formula is C13H22N6O4. The smallest absolute Gasteiger partial charge is 0.405 e. The first kappa shape index (κ1) is 18.4. The Bertz CT molecular complexity index is 597. The number of hydrogen-bond donors (Lipinski definition) is 3. The molecular weight excluding hydrogens is 304 g/mol. The van der Waals surface area contributed by atoms with Crippen LogP contribution in [0.2, 0.25) is 0 Å². The highest BCUT2D eigenvalue weighted by molar-refractivity contribution is 5.65. The van der Waals surface area contributed by atoms with Crippen LogP contribution in [0.4, 0.5) is 22.2 Å². The SMILES string of the molecule is CC(C)(C)Nc1ncc([N+](=O)[O-])c(NCC(C)(C)OC(N)=O)n1. The molecule has 0 aliphatic rings. The Hall–Kier alpha value is -2.65. The minimum Gasteiger partial charge on any atom is -0.442 e. The molecule has 10 nitrogen and oxygen atoms in total. The summed E-state index contributed by atoms with van der Waals surface area (Å²) in [5, 5.41) is 16.9. The predicted molar refractivity (Wildman–Crippen MR) is 85.3 cm³/mol. The maximum atomic E-state index is 11.1. The van der Waals surface area contributed by atoms with Crippen LogP contribution in [-0.4, -0.2) is 38.7 Å². The van der Waals surface area contributed by atoms with Crippen LogP contribution in [0.3, 0.4) is 0 Å². The first-order valence-corrected chi connectivity index (χ1v) is 6.91. The van der Waals surface area contributed by atoms with Crippen molar-refractivity contribution in [3.63, 3.8) is 0 Å². The van der Waals surface area contributed by atoms with E-state index in [-0.39, 0.29) is 29.5 Å². The Morgan fingerprint density at radius 3 is 2.48 bits per heavy atom. The van der Waals surface area contributed by atoms with Gasteiger partial charge in [0.05, 0.1) is 11.5 Å². The Morgan fingerprint density at radius 1 is 1.39 bits per heavy atom. The van der Waals surface area contributed by atoms with Gasteiger partial charge in [0.2, 0.25) is 11.8 Å². The third kappa shape index (κ3) is 6.32. The molecule has 0 spiro atoms. The fraction of sp³-hybridized carbons (Fsp3) is 0.615. The summed E-state index contributed by atoms with van der Waals surface area (Å²) in [4.78, 5) is 29.4. The zero-order chi connectivity index (χ0) is 17.8. The molecule has 0 saturated heterocycles. The lowest BCUT2D eigenvalue weighted by Crippen LogP contribution is -2.38. The van der Waals surface area contributed by atoms with Gasteiger partial charge in [-0.15, -0.1) is 0 Å². The minimum absolute atomic E-state index is 0.0258. The van der Waals surface area contributed by atoms with Crippen molar-refractivity contribution in [2.75, 3.05) is 17.2 Å². The molecule has 0 aromatic carbocycles. The Kier molecular flexibility index (Phi) is 5.30. The van der Waals surface area contributed by atoms with Gasteiger partial charge in [0.15, 0.2) is 0 Å². The van der Waals surface area contributed by atoms with E-state index in [0.29, 0.717) is 0 Å². The van der Waals surface area contributed by atoms with Gasteiger partial charge in [-0.2, -0.15) is 4.98 Å². The summed E-state index contributed by atoms with van der Waals surface area (Å²) in [5.74, 6) is 0.275. The number of amides is 1. The number of aromatic nitrogens is 2. The van der Waals surface area contributed by atoms with Gasteiger partial charge in [-0.05, 0) is 34.6 Å². The topological polar surface area (TPSA) is 145 Å². The number of carbonyl (C=O) groups is 1. The number of nitrogens with two attached hydrogens (primary N) is 1. The maximum Gasteiger partial charge on any atom is 0.405 e. The van der Waals surface area contributed by atoms with E-state index < -0.39 is 16.6 Å². The number of carbonyl (C=O) groups excluding carboxylic acids is 1. The molecule has 128 valence electrons. The lowest BCUT2D eigenvalue weighted by molar-refractivity contribution is -0.384. The normalized spacial score (nSPS) is 11.7. The fourth-order valence-electron chi connectivity index (χ4n) is 1.64. The van der Waals surface area contributed by atoms with E-state index in [1.54, 1.807) is 13.8 Å². The molecule has 0 bridgehead atoms. The van der Waals surface area contributed by atoms with Gasteiger partial charge in [0.25, 0.3) is 0 Å². The van der Waals surface area contributed by atoms with Gasteiger partial charge in [-0.3, -0.25) is 10.1 Å². The van der Waals surface area contributed by atoms with Crippen LogP contribution in [-0.2, 0) is 4.74 Å². The first-order chi connectivity index (χ1) is 10.4. The third-order valence-corrected chi connectivity index (χ3v) is 2.51. The minimum atomic E-state index is -0.956. The third-order valence-electron chi connectivity index (χ3n) is 2.51. The number of nitrogens with zero attached hydrogens (tertiary/aromatic N) is 3. The van der Waals surface area contributed by atoms with Crippen LogP contribution in [0.1, 0.15) is 34.6 Å². The van der Waals surface area contributed by atoms with Crippen molar-refractivity contribution in [3.8, 4) is 0 Å². The summed E-state index contributed by atoms with van der Waals surface area (Å²) >= 11 is 0. The molecule has 0 unspecified atom stereocenters. The van der Waals surface area contributed by atoms with Gasteiger partial charge in [0.1, 0.15) is 11.8 Å². The quantitative estimate of drug-likeness (QED) is 0.530. The largest absolute Gasteiger partial charge is 0.442 e. The fourth-order valence-corrected chi connectivity index (χ4v) is 1.64. The van der Waals surface area contributed by atoms with E-state index in [4.69, 9.17) is 10.5 Å². The van der Waals surface area contributed by atoms with Crippen LogP contribution in [0.5, 0.6) is 0 Å². The number of anilines is 2. The van der Waals surface area contributed by atoms with Crippen molar-refractivity contribution in [1.29, 1.82) is 0 Å². The number of rotatable bonds is 6. The highest BCUT2D eigenvalue weighted by Crippen LogP contribution is 2.24. The molecule has 1 aromatic heterocycles. The van der Waals surface area contributed by atoms with Crippen molar-refractivity contribution in [2.24, 2.45) is 5.73 Å². The van der Waals surface area contributed by atoms with Crippen molar-refractivity contribution in [2.45, 2.75) is 45.8 Å². The lowest BCUT2D eigenvalue weighted by Gasteiger charge is -2.25. The second kappa shape index (κ2) is 6.63. The van der Waals surface area contributed by atoms with Crippen LogP contribution in [0, 0.1) is 10.1 Å². The standard InChI is InChI=1S/C13H22N6O4/c1-12(2,3)18-11-15-6-8(19(21)22)9(17-11)16-7-13(4,5)23-10(14)20/h6H,7H2,1-5H3,(H2,14,20)(H2,15,16,17,18). The molecule has 0 aliphatic heterocycles. The van der Waals surface area contributed by atoms with Gasteiger partial charge >= 0.3 is 11.8 Å². The van der Waals surface area contributed by atoms with E-state index in [0.717, 1.165) is 6.20 Å². The Labute approximate surface area is 134 Å². The van der Waals surface area contributed by atoms with Crippen molar-refractivity contribution in [1.82, 2.24) is 9.97 Å². The summed E-state index contributed by atoms with van der Waals surface area (Å²) < 4.78 is 4.92. The molecule has 0 fully saturated rings. The zero-order valence-electron chi connectivity index (χ0n) is 13.8. The molecule has 23 heavy (non-hydrogen) atoms. The summed E-state index contributed by atoms with van der Waals surface area (Å²) in [5.41, 5.74) is 3.45. The Balaban J connectivity index is 2.99.